The van der Waals surface area contributed by atoms with Crippen molar-refractivity contribution >= 4 is 22.7 Å². The third kappa shape index (κ3) is 14.3. The first-order valence-corrected chi connectivity index (χ1v) is 29.1. The molecule has 2 heterocycles. The van der Waals surface area contributed by atoms with Gasteiger partial charge in [0.2, 0.25) is 0 Å². The van der Waals surface area contributed by atoms with E-state index in [0.717, 1.165) is 100 Å². The summed E-state index contributed by atoms with van der Waals surface area (Å²) in [6.07, 6.45) is 21.6. The van der Waals surface area contributed by atoms with Gasteiger partial charge in [0.25, 0.3) is 0 Å². The van der Waals surface area contributed by atoms with Crippen LogP contribution in [0.4, 0.5) is 0 Å². The highest BCUT2D eigenvalue weighted by atomic mass is 32.1. The standard InChI is InChI=1S/C65H80O5S2/c1-5-8-11-14-17-20-41-68-57-33-27-54(28-34-57)64(66,53-25-23-50(4)24-26-53)62-46-61(52-40-45-72-49-52)63(47-60(62)51-39-44-71-48-51)65(67,55-29-35-58(36-30-55)69-42-21-18-15-12-9-6-2)56-31-37-59(38-32-56)70-43-22-19-16-13-10-7-3/h23-40,44-49,66-67H,5-22,41-43H2,1-4H3. The topological polar surface area (TPSA) is 68.2 Å². The molecule has 0 aliphatic rings. The minimum atomic E-state index is -1.65. The van der Waals surface area contributed by atoms with Crippen molar-refractivity contribution in [3.05, 3.63) is 182 Å². The van der Waals surface area contributed by atoms with Crippen LogP contribution >= 0.6 is 22.7 Å². The lowest BCUT2D eigenvalue weighted by atomic mass is 9.72. The maximum Gasteiger partial charge on any atom is 0.141 e. The second-order valence-corrected chi connectivity index (χ2v) is 21.2. The highest BCUT2D eigenvalue weighted by Gasteiger charge is 2.41. The molecule has 382 valence electrons. The van der Waals surface area contributed by atoms with Crippen molar-refractivity contribution in [2.24, 2.45) is 0 Å². The summed E-state index contributed by atoms with van der Waals surface area (Å²) in [6, 6.07) is 40.7. The zero-order chi connectivity index (χ0) is 50.4. The first-order valence-electron chi connectivity index (χ1n) is 27.3. The molecule has 7 aromatic rings. The molecule has 0 saturated carbocycles. The van der Waals surface area contributed by atoms with Gasteiger partial charge in [-0.1, -0.05) is 183 Å². The average Bonchev–Trinajstić information content (AvgIpc) is 4.17. The Morgan fingerprint density at radius 2 is 0.667 bits per heavy atom. The summed E-state index contributed by atoms with van der Waals surface area (Å²) in [5.41, 5.74) is 5.73. The molecule has 0 fully saturated rings. The van der Waals surface area contributed by atoms with Gasteiger partial charge in [0.05, 0.1) is 19.8 Å². The summed E-state index contributed by atoms with van der Waals surface area (Å²) in [5.74, 6) is 2.35. The Balaban J connectivity index is 1.33. The molecule has 72 heavy (non-hydrogen) atoms. The van der Waals surface area contributed by atoms with Gasteiger partial charge < -0.3 is 24.4 Å². The number of thiophene rings is 2. The van der Waals surface area contributed by atoms with E-state index in [4.69, 9.17) is 14.2 Å². The second-order valence-electron chi connectivity index (χ2n) is 19.7. The summed E-state index contributed by atoms with van der Waals surface area (Å²) in [7, 11) is 0. The minimum Gasteiger partial charge on any atom is -0.494 e. The van der Waals surface area contributed by atoms with Crippen molar-refractivity contribution in [2.75, 3.05) is 19.8 Å². The first-order chi connectivity index (χ1) is 35.3. The molecule has 0 aliphatic heterocycles. The van der Waals surface area contributed by atoms with E-state index in [1.54, 1.807) is 22.7 Å². The Bertz CT molecular complexity index is 2520. The van der Waals surface area contributed by atoms with Gasteiger partial charge in [0.1, 0.15) is 28.5 Å². The van der Waals surface area contributed by atoms with Crippen LogP contribution in [0.25, 0.3) is 22.3 Å². The van der Waals surface area contributed by atoms with Crippen molar-refractivity contribution in [1.82, 2.24) is 0 Å². The molecule has 0 radical (unpaired) electrons. The zero-order valence-electron chi connectivity index (χ0n) is 43.6. The monoisotopic (exact) mass is 1000 g/mol. The Morgan fingerprint density at radius 1 is 0.375 bits per heavy atom. The number of hydrogen-bond donors (Lipinski definition) is 2. The normalized spacial score (nSPS) is 12.5. The Morgan fingerprint density at radius 3 is 0.958 bits per heavy atom. The van der Waals surface area contributed by atoms with Gasteiger partial charge in [-0.2, -0.15) is 22.7 Å². The van der Waals surface area contributed by atoms with E-state index in [2.05, 4.69) is 85.6 Å². The lowest BCUT2D eigenvalue weighted by Gasteiger charge is -2.36. The maximum absolute atomic E-state index is 14.0. The lowest BCUT2D eigenvalue weighted by molar-refractivity contribution is 0.122. The molecule has 0 saturated heterocycles. The number of ether oxygens (including phenoxy) is 3. The Labute approximate surface area is 440 Å². The van der Waals surface area contributed by atoms with E-state index in [1.807, 2.05) is 84.9 Å². The van der Waals surface area contributed by atoms with Gasteiger partial charge >= 0.3 is 0 Å². The Hall–Kier alpha value is -5.18. The van der Waals surface area contributed by atoms with Crippen LogP contribution in [0.3, 0.4) is 0 Å². The molecule has 7 rings (SSSR count). The van der Waals surface area contributed by atoms with E-state index in [0.29, 0.717) is 36.5 Å². The molecule has 1 atom stereocenters. The highest BCUT2D eigenvalue weighted by molar-refractivity contribution is 7.08. The number of rotatable bonds is 32. The summed E-state index contributed by atoms with van der Waals surface area (Å²) in [4.78, 5) is 0. The van der Waals surface area contributed by atoms with Crippen molar-refractivity contribution in [1.29, 1.82) is 0 Å². The van der Waals surface area contributed by atoms with Crippen LogP contribution in [0.15, 0.2) is 143 Å². The van der Waals surface area contributed by atoms with Gasteiger partial charge in [0, 0.05) is 11.1 Å². The molecule has 5 aromatic carbocycles. The molecular formula is C65H80O5S2. The largest absolute Gasteiger partial charge is 0.494 e. The molecule has 1 unspecified atom stereocenters. The van der Waals surface area contributed by atoms with Crippen molar-refractivity contribution in [3.63, 3.8) is 0 Å². The number of hydrogen-bond acceptors (Lipinski definition) is 7. The number of aryl methyl sites for hydroxylation is 1. The molecule has 0 amide bonds. The van der Waals surface area contributed by atoms with Crippen molar-refractivity contribution in [2.45, 2.75) is 154 Å². The molecule has 0 bridgehead atoms. The van der Waals surface area contributed by atoms with Crippen LogP contribution in [0, 0.1) is 6.92 Å². The van der Waals surface area contributed by atoms with Crippen LogP contribution in [0.5, 0.6) is 17.2 Å². The predicted molar refractivity (Wildman–Crippen MR) is 304 cm³/mol. The fraction of sp³-hybridized carbons (Fsp3) is 0.415. The summed E-state index contributed by atoms with van der Waals surface area (Å²) in [5, 5.41) is 36.3. The van der Waals surface area contributed by atoms with Gasteiger partial charge in [0.15, 0.2) is 0 Å². The molecule has 2 N–H and O–H groups in total. The van der Waals surface area contributed by atoms with Crippen LogP contribution in [0.2, 0.25) is 0 Å². The minimum absolute atomic E-state index is 0.655. The van der Waals surface area contributed by atoms with E-state index in [-0.39, 0.29) is 0 Å². The fourth-order valence-electron chi connectivity index (χ4n) is 9.86. The van der Waals surface area contributed by atoms with Gasteiger partial charge in [-0.25, -0.2) is 0 Å². The third-order valence-corrected chi connectivity index (χ3v) is 15.6. The van der Waals surface area contributed by atoms with Crippen LogP contribution < -0.4 is 14.2 Å². The summed E-state index contributed by atoms with van der Waals surface area (Å²) in [6.45, 7) is 10.8. The van der Waals surface area contributed by atoms with Gasteiger partial charge in [-0.05, 0) is 153 Å². The van der Waals surface area contributed by atoms with Gasteiger partial charge in [-0.15, -0.1) is 0 Å². The van der Waals surface area contributed by atoms with Gasteiger partial charge in [-0.3, -0.25) is 0 Å². The van der Waals surface area contributed by atoms with Crippen LogP contribution in [-0.4, -0.2) is 30.0 Å². The molecule has 0 aliphatic carbocycles. The quantitative estimate of drug-likeness (QED) is 0.0325. The fourth-order valence-corrected chi connectivity index (χ4v) is 11.2. The SMILES string of the molecule is CCCCCCCCOc1ccc(C(O)(c2ccc(C)cc2)c2cc(-c3ccsc3)c(C(O)(c3ccc(OCCCCCCCC)cc3)c3ccc(OCCCCCCCC)cc3)cc2-c2ccsc2)cc1. The maximum atomic E-state index is 14.0. The predicted octanol–water partition coefficient (Wildman–Crippen LogP) is 18.2. The average molecular weight is 1010 g/mol. The Kier molecular flexibility index (Phi) is 21.5. The molecule has 5 nitrogen and oxygen atoms in total. The summed E-state index contributed by atoms with van der Waals surface area (Å²) < 4.78 is 18.9. The smallest absolute Gasteiger partial charge is 0.141 e. The van der Waals surface area contributed by atoms with Crippen LogP contribution in [-0.2, 0) is 11.2 Å². The lowest BCUT2D eigenvalue weighted by Crippen LogP contribution is -2.32. The van der Waals surface area contributed by atoms with Crippen molar-refractivity contribution < 1.29 is 24.4 Å². The molecular weight excluding hydrogens is 925 g/mol. The molecule has 7 heteroatoms. The van der Waals surface area contributed by atoms with E-state index in [9.17, 15) is 10.2 Å². The summed E-state index contributed by atoms with van der Waals surface area (Å²) >= 11 is 3.23. The van der Waals surface area contributed by atoms with Crippen molar-refractivity contribution in [3.8, 4) is 39.5 Å². The number of aliphatic hydroxyl groups is 2. The highest BCUT2D eigenvalue weighted by Crippen LogP contribution is 2.50. The van der Waals surface area contributed by atoms with Crippen LogP contribution in [0.1, 0.15) is 175 Å². The zero-order valence-corrected chi connectivity index (χ0v) is 45.3. The number of benzene rings is 5. The third-order valence-electron chi connectivity index (χ3n) is 14.2. The molecule has 2 aromatic heterocycles. The van der Waals surface area contributed by atoms with E-state index >= 15 is 0 Å². The molecule has 0 spiro atoms. The van der Waals surface area contributed by atoms with E-state index < -0.39 is 11.2 Å². The first kappa shape index (κ1) is 54.6. The second kappa shape index (κ2) is 28.3. The number of unbranched alkanes of at least 4 members (excludes halogenated alkanes) is 15. The van der Waals surface area contributed by atoms with E-state index in [1.165, 1.54) is 77.0 Å².